The van der Waals surface area contributed by atoms with E-state index < -0.39 is 23.8 Å². The third kappa shape index (κ3) is 4.91. The first kappa shape index (κ1) is 18.3. The maximum atomic E-state index is 12.8. The molecule has 0 aliphatic rings. The van der Waals surface area contributed by atoms with E-state index in [0.29, 0.717) is 5.56 Å². The highest BCUT2D eigenvalue weighted by atomic mass is 19.4. The second kappa shape index (κ2) is 7.49. The molecule has 0 saturated carbocycles. The number of nitrogens with one attached hydrogen (secondary N) is 1. The van der Waals surface area contributed by atoms with Crippen LogP contribution in [0.25, 0.3) is 0 Å². The van der Waals surface area contributed by atoms with E-state index in [9.17, 15) is 18.0 Å². The van der Waals surface area contributed by atoms with E-state index in [2.05, 4.69) is 5.32 Å². The van der Waals surface area contributed by atoms with Crippen LogP contribution in [-0.2, 0) is 6.18 Å². The molecule has 0 heterocycles. The predicted octanol–water partition coefficient (Wildman–Crippen LogP) is 3.04. The van der Waals surface area contributed by atoms with Crippen LogP contribution in [0.4, 0.5) is 18.0 Å². The molecule has 0 radical (unpaired) electrons. The van der Waals surface area contributed by atoms with Gasteiger partial charge in [0.1, 0.15) is 0 Å². The lowest BCUT2D eigenvalue weighted by atomic mass is 9.94. The summed E-state index contributed by atoms with van der Waals surface area (Å²) in [6.45, 7) is 3.60. The molecule has 0 aromatic heterocycles. The molecule has 0 bridgehead atoms. The summed E-state index contributed by atoms with van der Waals surface area (Å²) in [6, 6.07) is 3.96. The van der Waals surface area contributed by atoms with Gasteiger partial charge in [0.2, 0.25) is 0 Å². The minimum atomic E-state index is -4.42. The summed E-state index contributed by atoms with van der Waals surface area (Å²) in [5.74, 6) is -0.0880. The van der Waals surface area contributed by atoms with E-state index in [1.165, 1.54) is 18.0 Å². The van der Waals surface area contributed by atoms with E-state index in [1.807, 2.05) is 13.8 Å². The van der Waals surface area contributed by atoms with Crippen LogP contribution < -0.4 is 5.32 Å². The van der Waals surface area contributed by atoms with Crippen LogP contribution in [0.5, 0.6) is 0 Å². The first-order chi connectivity index (χ1) is 10.2. The molecule has 2 amide bonds. The van der Waals surface area contributed by atoms with Gasteiger partial charge in [-0.15, -0.1) is 0 Å². The van der Waals surface area contributed by atoms with Crippen molar-refractivity contribution in [3.63, 3.8) is 0 Å². The minimum absolute atomic E-state index is 0.0880. The van der Waals surface area contributed by atoms with Gasteiger partial charge < -0.3 is 15.3 Å². The Bertz CT molecular complexity index is 504. The third-order valence-electron chi connectivity index (χ3n) is 3.30. The number of nitrogens with zero attached hydrogens (tertiary/aromatic N) is 1. The molecular formula is C15H21F3N2O2. The molecule has 7 heteroatoms. The van der Waals surface area contributed by atoms with Gasteiger partial charge >= 0.3 is 12.2 Å². The van der Waals surface area contributed by atoms with Gasteiger partial charge in [-0.25, -0.2) is 4.79 Å². The molecule has 124 valence electrons. The van der Waals surface area contributed by atoms with Crippen molar-refractivity contribution in [2.45, 2.75) is 26.1 Å². The molecule has 1 aromatic carbocycles. The number of amides is 2. The fourth-order valence-electron chi connectivity index (χ4n) is 2.04. The molecule has 1 atom stereocenters. The van der Waals surface area contributed by atoms with Gasteiger partial charge in [0.25, 0.3) is 0 Å². The van der Waals surface area contributed by atoms with Crippen LogP contribution in [-0.4, -0.2) is 36.2 Å². The number of hydrogen-bond donors (Lipinski definition) is 2. The van der Waals surface area contributed by atoms with Gasteiger partial charge in [-0.3, -0.25) is 0 Å². The van der Waals surface area contributed by atoms with Crippen molar-refractivity contribution < 1.29 is 23.1 Å². The Kier molecular flexibility index (Phi) is 6.22. The monoisotopic (exact) mass is 318 g/mol. The van der Waals surface area contributed by atoms with Crippen LogP contribution >= 0.6 is 0 Å². The average Bonchev–Trinajstić information content (AvgIpc) is 2.43. The van der Waals surface area contributed by atoms with Crippen LogP contribution in [0.3, 0.4) is 0 Å². The van der Waals surface area contributed by atoms with Gasteiger partial charge in [-0.1, -0.05) is 26.0 Å². The Morgan fingerprint density at radius 1 is 1.36 bits per heavy atom. The number of carbonyl (C=O) groups is 1. The third-order valence-corrected chi connectivity index (χ3v) is 3.30. The van der Waals surface area contributed by atoms with Crippen LogP contribution in [0.15, 0.2) is 24.3 Å². The van der Waals surface area contributed by atoms with Crippen LogP contribution in [0.1, 0.15) is 31.0 Å². The normalized spacial score (nSPS) is 13.1. The average molecular weight is 318 g/mol. The van der Waals surface area contributed by atoms with Crippen LogP contribution in [0.2, 0.25) is 0 Å². The lowest BCUT2D eigenvalue weighted by molar-refractivity contribution is -0.137. The fourth-order valence-corrected chi connectivity index (χ4v) is 2.04. The second-order valence-electron chi connectivity index (χ2n) is 5.44. The highest BCUT2D eigenvalue weighted by Gasteiger charge is 2.31. The van der Waals surface area contributed by atoms with Crippen molar-refractivity contribution in [3.8, 4) is 0 Å². The number of urea groups is 1. The summed E-state index contributed by atoms with van der Waals surface area (Å²) in [4.78, 5) is 13.3. The smallest absolute Gasteiger partial charge is 0.395 e. The first-order valence-corrected chi connectivity index (χ1v) is 6.96. The summed E-state index contributed by atoms with van der Waals surface area (Å²) in [5.41, 5.74) is -0.343. The molecule has 0 saturated heterocycles. The number of carbonyl (C=O) groups excluding carboxylic acids is 1. The number of benzene rings is 1. The number of aliphatic hydroxyl groups is 1. The largest absolute Gasteiger partial charge is 0.416 e. The summed E-state index contributed by atoms with van der Waals surface area (Å²) < 4.78 is 38.4. The number of likely N-dealkylation sites (N-methyl/N-ethyl adjacent to an activating group) is 1. The maximum absolute atomic E-state index is 12.8. The molecule has 1 unspecified atom stereocenters. The van der Waals surface area contributed by atoms with Gasteiger partial charge in [0.05, 0.1) is 18.2 Å². The highest BCUT2D eigenvalue weighted by Crippen LogP contribution is 2.32. The highest BCUT2D eigenvalue weighted by molar-refractivity contribution is 5.74. The Labute approximate surface area is 127 Å². The Hall–Kier alpha value is -1.76. The molecule has 0 spiro atoms. The predicted molar refractivity (Wildman–Crippen MR) is 77.3 cm³/mol. The standard InChI is InChI=1S/C15H21F3N2O2/c1-10(2)13(19-14(22)20(3)7-8-21)11-5-4-6-12(9-11)15(16,17)18/h4-6,9-10,13,21H,7-8H2,1-3H3,(H,19,22). The molecule has 4 nitrogen and oxygen atoms in total. The number of aliphatic hydroxyl groups excluding tert-OH is 1. The number of alkyl halides is 3. The molecule has 2 N–H and O–H groups in total. The molecule has 1 rings (SSSR count). The molecule has 22 heavy (non-hydrogen) atoms. The van der Waals surface area contributed by atoms with Crippen molar-refractivity contribution in [1.29, 1.82) is 0 Å². The summed E-state index contributed by atoms with van der Waals surface area (Å²) in [6.07, 6.45) is -4.42. The zero-order valence-corrected chi connectivity index (χ0v) is 12.8. The number of rotatable bonds is 5. The molecule has 0 fully saturated rings. The SMILES string of the molecule is CC(C)C(NC(=O)N(C)CCO)c1cccc(C(F)(F)F)c1. The van der Waals surface area contributed by atoms with E-state index in [1.54, 1.807) is 6.07 Å². The summed E-state index contributed by atoms with van der Waals surface area (Å²) in [5, 5.41) is 11.5. The maximum Gasteiger partial charge on any atom is 0.416 e. The zero-order chi connectivity index (χ0) is 16.9. The lowest BCUT2D eigenvalue weighted by Crippen LogP contribution is -2.42. The van der Waals surface area contributed by atoms with Gasteiger partial charge in [0.15, 0.2) is 0 Å². The van der Waals surface area contributed by atoms with Gasteiger partial charge in [0, 0.05) is 13.6 Å². The lowest BCUT2D eigenvalue weighted by Gasteiger charge is -2.26. The van der Waals surface area contributed by atoms with Crippen molar-refractivity contribution in [2.75, 3.05) is 20.2 Å². The molecular weight excluding hydrogens is 297 g/mol. The molecule has 1 aromatic rings. The van der Waals surface area contributed by atoms with Crippen LogP contribution in [0, 0.1) is 5.92 Å². The van der Waals surface area contributed by atoms with E-state index in [-0.39, 0.29) is 19.1 Å². The first-order valence-electron chi connectivity index (χ1n) is 6.96. The fraction of sp³-hybridized carbons (Fsp3) is 0.533. The number of halogens is 3. The summed E-state index contributed by atoms with van der Waals surface area (Å²) in [7, 11) is 1.51. The number of hydrogen-bond acceptors (Lipinski definition) is 2. The van der Waals surface area contributed by atoms with E-state index >= 15 is 0 Å². The van der Waals surface area contributed by atoms with Crippen molar-refractivity contribution in [2.24, 2.45) is 5.92 Å². The Morgan fingerprint density at radius 2 is 2.00 bits per heavy atom. The van der Waals surface area contributed by atoms with Crippen molar-refractivity contribution in [3.05, 3.63) is 35.4 Å². The van der Waals surface area contributed by atoms with Gasteiger partial charge in [-0.2, -0.15) is 13.2 Å². The quantitative estimate of drug-likeness (QED) is 0.877. The topological polar surface area (TPSA) is 52.6 Å². The Morgan fingerprint density at radius 3 is 2.50 bits per heavy atom. The van der Waals surface area contributed by atoms with Crippen molar-refractivity contribution in [1.82, 2.24) is 10.2 Å². The van der Waals surface area contributed by atoms with E-state index in [0.717, 1.165) is 12.1 Å². The minimum Gasteiger partial charge on any atom is -0.395 e. The van der Waals surface area contributed by atoms with E-state index in [4.69, 9.17) is 5.11 Å². The zero-order valence-electron chi connectivity index (χ0n) is 12.8. The van der Waals surface area contributed by atoms with Crippen molar-refractivity contribution >= 4 is 6.03 Å². The Balaban J connectivity index is 2.99. The molecule has 0 aliphatic carbocycles. The van der Waals surface area contributed by atoms with Gasteiger partial charge in [-0.05, 0) is 23.6 Å². The molecule has 0 aliphatic heterocycles. The summed E-state index contributed by atoms with van der Waals surface area (Å²) >= 11 is 0. The second-order valence-corrected chi connectivity index (χ2v) is 5.44.